The lowest BCUT2D eigenvalue weighted by atomic mass is 10.3. The molecule has 2 amide bonds. The number of aromatic nitrogens is 2. The number of carbonyl (C=O) groups is 2. The molecule has 0 bridgehead atoms. The first-order valence-electron chi connectivity index (χ1n) is 5.64. The number of imidazole rings is 1. The molecule has 6 heteroatoms. The molecule has 2 aromatic rings. The monoisotopic (exact) mass is 245 g/mol. The second-order valence-corrected chi connectivity index (χ2v) is 4.04. The van der Waals surface area contributed by atoms with Crippen LogP contribution in [-0.2, 0) is 21.2 Å². The third kappa shape index (κ3) is 1.76. The van der Waals surface area contributed by atoms with Crippen molar-refractivity contribution in [2.45, 2.75) is 19.6 Å². The van der Waals surface area contributed by atoms with E-state index in [4.69, 9.17) is 4.84 Å². The molecule has 1 fully saturated rings. The number of para-hydroxylation sites is 2. The van der Waals surface area contributed by atoms with E-state index in [-0.39, 0.29) is 31.4 Å². The van der Waals surface area contributed by atoms with Gasteiger partial charge in [0.1, 0.15) is 0 Å². The van der Waals surface area contributed by atoms with Crippen molar-refractivity contribution in [2.24, 2.45) is 0 Å². The highest BCUT2D eigenvalue weighted by Gasteiger charge is 2.30. The van der Waals surface area contributed by atoms with Crippen molar-refractivity contribution >= 4 is 22.8 Å². The quantitative estimate of drug-likeness (QED) is 0.759. The van der Waals surface area contributed by atoms with Gasteiger partial charge in [0.2, 0.25) is 0 Å². The highest BCUT2D eigenvalue weighted by molar-refractivity contribution is 6.00. The van der Waals surface area contributed by atoms with Gasteiger partial charge in [-0.15, -0.1) is 0 Å². The first-order chi connectivity index (χ1) is 8.75. The first-order valence-corrected chi connectivity index (χ1v) is 5.64. The molecule has 6 nitrogen and oxygen atoms in total. The molecule has 0 aliphatic carbocycles. The molecule has 0 radical (unpaired) electrons. The first kappa shape index (κ1) is 10.9. The predicted octanol–water partition coefficient (Wildman–Crippen LogP) is 1.07. The van der Waals surface area contributed by atoms with E-state index in [2.05, 4.69) is 4.98 Å². The average molecular weight is 245 g/mol. The molecule has 1 saturated heterocycles. The highest BCUT2D eigenvalue weighted by atomic mass is 16.7. The molecule has 1 aliphatic rings. The van der Waals surface area contributed by atoms with Crippen molar-refractivity contribution in [1.82, 2.24) is 14.6 Å². The summed E-state index contributed by atoms with van der Waals surface area (Å²) in [5, 5.41) is 0.842. The number of benzene rings is 1. The number of carbonyl (C=O) groups excluding carboxylic acids is 2. The summed E-state index contributed by atoms with van der Waals surface area (Å²) in [5.41, 5.74) is 1.75. The van der Waals surface area contributed by atoms with Gasteiger partial charge in [0.15, 0.2) is 6.73 Å². The molecule has 92 valence electrons. The Balaban J connectivity index is 1.77. The third-order valence-electron chi connectivity index (χ3n) is 2.86. The summed E-state index contributed by atoms with van der Waals surface area (Å²) >= 11 is 0. The minimum absolute atomic E-state index is 0.0952. The smallest absolute Gasteiger partial charge is 0.254 e. The van der Waals surface area contributed by atoms with Crippen molar-refractivity contribution in [3.05, 3.63) is 30.6 Å². The summed E-state index contributed by atoms with van der Waals surface area (Å²) in [4.78, 5) is 32.2. The van der Waals surface area contributed by atoms with Gasteiger partial charge in [0.05, 0.1) is 17.4 Å². The lowest BCUT2D eigenvalue weighted by Crippen LogP contribution is -2.30. The second-order valence-electron chi connectivity index (χ2n) is 4.04. The fourth-order valence-electron chi connectivity index (χ4n) is 1.93. The number of rotatable bonds is 3. The van der Waals surface area contributed by atoms with Crippen LogP contribution in [0.4, 0.5) is 0 Å². The summed E-state index contributed by atoms with van der Waals surface area (Å²) in [6.07, 6.45) is 2.07. The molecule has 0 unspecified atom stereocenters. The number of fused-ring (bicyclic) bond motifs is 1. The van der Waals surface area contributed by atoms with Gasteiger partial charge in [-0.1, -0.05) is 12.1 Å². The van der Waals surface area contributed by atoms with Crippen molar-refractivity contribution in [3.8, 4) is 0 Å². The van der Waals surface area contributed by atoms with Crippen LogP contribution in [0.5, 0.6) is 0 Å². The maximum absolute atomic E-state index is 11.4. The topological polar surface area (TPSA) is 64.4 Å². The van der Waals surface area contributed by atoms with Crippen LogP contribution in [0.15, 0.2) is 30.6 Å². The number of imide groups is 1. The Morgan fingerprint density at radius 2 is 1.89 bits per heavy atom. The van der Waals surface area contributed by atoms with Gasteiger partial charge in [0.25, 0.3) is 11.8 Å². The molecule has 18 heavy (non-hydrogen) atoms. The Morgan fingerprint density at radius 1 is 1.17 bits per heavy atom. The number of hydroxylamine groups is 2. The predicted molar refractivity (Wildman–Crippen MR) is 61.9 cm³/mol. The largest absolute Gasteiger partial charge is 0.304 e. The number of nitrogens with zero attached hydrogens (tertiary/aromatic N) is 3. The van der Waals surface area contributed by atoms with Crippen LogP contribution in [0, 0.1) is 0 Å². The van der Waals surface area contributed by atoms with Crippen LogP contribution in [-0.4, -0.2) is 26.4 Å². The second kappa shape index (κ2) is 4.23. The van der Waals surface area contributed by atoms with E-state index in [1.165, 1.54) is 0 Å². The summed E-state index contributed by atoms with van der Waals surface area (Å²) in [6, 6.07) is 7.58. The summed E-state index contributed by atoms with van der Waals surface area (Å²) in [7, 11) is 0. The lowest BCUT2D eigenvalue weighted by molar-refractivity contribution is -0.197. The van der Waals surface area contributed by atoms with Crippen molar-refractivity contribution < 1.29 is 14.4 Å². The van der Waals surface area contributed by atoms with Gasteiger partial charge >= 0.3 is 0 Å². The average Bonchev–Trinajstić information content (AvgIpc) is 2.93. The van der Waals surface area contributed by atoms with E-state index in [0.717, 1.165) is 16.1 Å². The van der Waals surface area contributed by atoms with Crippen molar-refractivity contribution in [1.29, 1.82) is 0 Å². The zero-order chi connectivity index (χ0) is 12.5. The Labute approximate surface area is 103 Å². The van der Waals surface area contributed by atoms with Gasteiger partial charge in [-0.3, -0.25) is 9.59 Å². The minimum Gasteiger partial charge on any atom is -0.304 e. The standard InChI is InChI=1S/C12H11N3O3/c16-11-5-6-12(17)15(11)18-8-14-7-13-9-3-1-2-4-10(9)14/h1-4,7H,5-6,8H2. The van der Waals surface area contributed by atoms with E-state index in [1.807, 2.05) is 24.3 Å². The van der Waals surface area contributed by atoms with Gasteiger partial charge in [0, 0.05) is 12.8 Å². The molecule has 1 aromatic heterocycles. The summed E-state index contributed by atoms with van der Waals surface area (Å²) in [5.74, 6) is -0.575. The summed E-state index contributed by atoms with van der Waals surface area (Å²) < 4.78 is 1.74. The number of hydrogen-bond donors (Lipinski definition) is 0. The molecular formula is C12H11N3O3. The number of amides is 2. The Bertz CT molecular complexity index is 604. The maximum atomic E-state index is 11.4. The van der Waals surface area contributed by atoms with Crippen LogP contribution in [0.1, 0.15) is 12.8 Å². The molecular weight excluding hydrogens is 234 g/mol. The van der Waals surface area contributed by atoms with Gasteiger partial charge < -0.3 is 4.57 Å². The fourth-order valence-corrected chi connectivity index (χ4v) is 1.93. The Morgan fingerprint density at radius 3 is 2.67 bits per heavy atom. The Kier molecular flexibility index (Phi) is 2.56. The SMILES string of the molecule is O=C1CCC(=O)N1OCn1cnc2ccccc21. The van der Waals surface area contributed by atoms with Crippen molar-refractivity contribution in [2.75, 3.05) is 0 Å². The Hall–Kier alpha value is -2.21. The van der Waals surface area contributed by atoms with Crippen LogP contribution < -0.4 is 0 Å². The van der Waals surface area contributed by atoms with Gasteiger partial charge in [-0.2, -0.15) is 5.06 Å². The lowest BCUT2D eigenvalue weighted by Gasteiger charge is -2.13. The van der Waals surface area contributed by atoms with E-state index in [9.17, 15) is 9.59 Å². The minimum atomic E-state index is -0.288. The normalized spacial score (nSPS) is 15.9. The van der Waals surface area contributed by atoms with E-state index in [1.54, 1.807) is 10.9 Å². The molecule has 3 rings (SSSR count). The molecule has 0 spiro atoms. The third-order valence-corrected chi connectivity index (χ3v) is 2.86. The molecule has 1 aromatic carbocycles. The molecule has 1 aliphatic heterocycles. The summed E-state index contributed by atoms with van der Waals surface area (Å²) in [6.45, 7) is 0.0952. The zero-order valence-corrected chi connectivity index (χ0v) is 9.57. The van der Waals surface area contributed by atoms with Gasteiger partial charge in [-0.05, 0) is 12.1 Å². The van der Waals surface area contributed by atoms with Crippen LogP contribution >= 0.6 is 0 Å². The molecule has 0 saturated carbocycles. The van der Waals surface area contributed by atoms with Crippen LogP contribution in [0.2, 0.25) is 0 Å². The van der Waals surface area contributed by atoms with E-state index in [0.29, 0.717) is 0 Å². The maximum Gasteiger partial charge on any atom is 0.254 e. The zero-order valence-electron chi connectivity index (χ0n) is 9.57. The van der Waals surface area contributed by atoms with Crippen molar-refractivity contribution in [3.63, 3.8) is 0 Å². The fraction of sp³-hybridized carbons (Fsp3) is 0.250. The van der Waals surface area contributed by atoms with Crippen LogP contribution in [0.25, 0.3) is 11.0 Å². The van der Waals surface area contributed by atoms with E-state index < -0.39 is 0 Å². The van der Waals surface area contributed by atoms with Gasteiger partial charge in [-0.25, -0.2) is 9.82 Å². The molecule has 0 N–H and O–H groups in total. The molecule has 2 heterocycles. The number of hydrogen-bond acceptors (Lipinski definition) is 4. The molecule has 0 atom stereocenters. The van der Waals surface area contributed by atoms with E-state index >= 15 is 0 Å². The van der Waals surface area contributed by atoms with Crippen LogP contribution in [0.3, 0.4) is 0 Å². The highest BCUT2D eigenvalue weighted by Crippen LogP contribution is 2.15.